The van der Waals surface area contributed by atoms with E-state index in [-0.39, 0.29) is 11.3 Å². The summed E-state index contributed by atoms with van der Waals surface area (Å²) in [6, 6.07) is 9.53. The zero-order valence-corrected chi connectivity index (χ0v) is 18.1. The predicted molar refractivity (Wildman–Crippen MR) is 113 cm³/mol. The molecule has 0 saturated heterocycles. The van der Waals surface area contributed by atoms with Gasteiger partial charge in [0.2, 0.25) is 0 Å². The highest BCUT2D eigenvalue weighted by Crippen LogP contribution is 2.37. The Bertz CT molecular complexity index is 976. The molecule has 0 aromatic heterocycles. The first-order chi connectivity index (χ1) is 15.7. The van der Waals surface area contributed by atoms with E-state index in [1.54, 1.807) is 12.1 Å². The molecule has 178 valence electrons. The Balaban J connectivity index is 1.60. The van der Waals surface area contributed by atoms with Crippen LogP contribution >= 0.6 is 0 Å². The van der Waals surface area contributed by atoms with E-state index in [0.29, 0.717) is 12.0 Å². The lowest BCUT2D eigenvalue weighted by Gasteiger charge is -2.28. The normalized spacial score (nSPS) is 18.5. The summed E-state index contributed by atoms with van der Waals surface area (Å²) in [6.07, 6.45) is -0.673. The Morgan fingerprint density at radius 2 is 1.73 bits per heavy atom. The van der Waals surface area contributed by atoms with Crippen LogP contribution in [0.5, 0.6) is 11.5 Å². The monoisotopic (exact) mass is 468 g/mol. The quantitative estimate of drug-likeness (QED) is 0.225. The number of hydrogen-bond donors (Lipinski definition) is 0. The molecule has 0 N–H and O–H groups in total. The van der Waals surface area contributed by atoms with Crippen LogP contribution in [-0.4, -0.2) is 12.1 Å². The summed E-state index contributed by atoms with van der Waals surface area (Å²) in [4.78, 5) is 12.4. The molecule has 1 aliphatic rings. The molecular weight excluding hydrogens is 443 g/mol. The molecule has 33 heavy (non-hydrogen) atoms. The van der Waals surface area contributed by atoms with Gasteiger partial charge in [-0.3, -0.25) is 0 Å². The summed E-state index contributed by atoms with van der Waals surface area (Å²) in [7, 11) is 0. The average molecular weight is 468 g/mol. The van der Waals surface area contributed by atoms with Gasteiger partial charge < -0.3 is 9.47 Å². The molecule has 0 bridgehead atoms. The summed E-state index contributed by atoms with van der Waals surface area (Å²) in [5, 5.41) is 0. The van der Waals surface area contributed by atoms with Crippen LogP contribution in [-0.2, 0) is 0 Å². The van der Waals surface area contributed by atoms with Crippen molar-refractivity contribution in [1.29, 1.82) is 0 Å². The molecular formula is C25H25F5O3. The molecule has 1 saturated carbocycles. The third-order valence-corrected chi connectivity index (χ3v) is 5.80. The van der Waals surface area contributed by atoms with Gasteiger partial charge in [-0.1, -0.05) is 31.9 Å². The maximum Gasteiger partial charge on any atom is 0.425 e. The van der Waals surface area contributed by atoms with Crippen LogP contribution in [0.25, 0.3) is 0 Å². The van der Waals surface area contributed by atoms with Gasteiger partial charge in [-0.25, -0.2) is 9.18 Å². The van der Waals surface area contributed by atoms with Crippen molar-refractivity contribution in [3.63, 3.8) is 0 Å². The average Bonchev–Trinajstić information content (AvgIpc) is 2.75. The molecule has 2 aromatic rings. The second-order valence-electron chi connectivity index (χ2n) is 8.21. The van der Waals surface area contributed by atoms with E-state index in [4.69, 9.17) is 4.74 Å². The maximum atomic E-state index is 14.0. The molecule has 8 heteroatoms. The summed E-state index contributed by atoms with van der Waals surface area (Å²) in [5.41, 5.74) is 1.42. The van der Waals surface area contributed by atoms with Crippen molar-refractivity contribution in [2.24, 2.45) is 5.92 Å². The number of esters is 1. The van der Waals surface area contributed by atoms with E-state index < -0.39 is 35.8 Å². The third kappa shape index (κ3) is 7.04. The number of carbonyl (C=O) groups is 1. The second-order valence-corrected chi connectivity index (χ2v) is 8.21. The molecule has 0 radical (unpaired) electrons. The van der Waals surface area contributed by atoms with E-state index in [0.717, 1.165) is 36.5 Å². The highest BCUT2D eigenvalue weighted by Gasteiger charge is 2.31. The number of rotatable bonds is 8. The van der Waals surface area contributed by atoms with Gasteiger partial charge in [-0.2, -0.15) is 17.6 Å². The summed E-state index contributed by atoms with van der Waals surface area (Å²) in [6.45, 7) is 2.20. The van der Waals surface area contributed by atoms with Gasteiger partial charge in [-0.05, 0) is 67.3 Å². The zero-order valence-electron chi connectivity index (χ0n) is 18.1. The molecule has 2 aromatic carbocycles. The number of ether oxygens (including phenoxy) is 2. The number of halogens is 5. The van der Waals surface area contributed by atoms with E-state index in [1.165, 1.54) is 25.7 Å². The molecule has 0 spiro atoms. The summed E-state index contributed by atoms with van der Waals surface area (Å²) >= 11 is 0. The number of carbonyl (C=O) groups excluding carboxylic acids is 1. The van der Waals surface area contributed by atoms with Gasteiger partial charge in [0.05, 0.1) is 11.6 Å². The fraction of sp³-hybridized carbons (Fsp3) is 0.400. The molecule has 0 atom stereocenters. The third-order valence-electron chi connectivity index (χ3n) is 5.80. The van der Waals surface area contributed by atoms with Gasteiger partial charge in [-0.15, -0.1) is 0 Å². The minimum atomic E-state index is -4.39. The summed E-state index contributed by atoms with van der Waals surface area (Å²) < 4.78 is 73.7. The van der Waals surface area contributed by atoms with Crippen molar-refractivity contribution < 1.29 is 36.2 Å². The standard InChI is InChI=1S/C25H25F5O3/c1-2-3-16-4-6-17(7-5-16)18-8-10-19(11-9-18)24(31)32-20-12-13-22(21(26)14-20)33-25(29,30)15-23(27)28/h8-17H,2-7H2,1H3. The lowest BCUT2D eigenvalue weighted by molar-refractivity contribution is -0.135. The van der Waals surface area contributed by atoms with Gasteiger partial charge in [0.1, 0.15) is 5.75 Å². The Hall–Kier alpha value is -2.90. The predicted octanol–water partition coefficient (Wildman–Crippen LogP) is 7.87. The Morgan fingerprint density at radius 3 is 2.30 bits per heavy atom. The van der Waals surface area contributed by atoms with Gasteiger partial charge >= 0.3 is 12.1 Å². The second kappa shape index (κ2) is 10.8. The largest absolute Gasteiger partial charge is 0.426 e. The SMILES string of the molecule is CCCC1CCC(c2ccc(C(=O)Oc3ccc(OC(F)(F)C=C(F)F)c(F)c3)cc2)CC1. The summed E-state index contributed by atoms with van der Waals surface area (Å²) in [5.74, 6) is -1.97. The van der Waals surface area contributed by atoms with Crippen molar-refractivity contribution in [3.8, 4) is 11.5 Å². The molecule has 0 heterocycles. The Labute approximate surface area is 189 Å². The van der Waals surface area contributed by atoms with E-state index in [9.17, 15) is 26.7 Å². The molecule has 0 unspecified atom stereocenters. The Morgan fingerprint density at radius 1 is 1.06 bits per heavy atom. The maximum absolute atomic E-state index is 14.0. The van der Waals surface area contributed by atoms with Crippen molar-refractivity contribution in [2.45, 2.75) is 57.5 Å². The van der Waals surface area contributed by atoms with Crippen molar-refractivity contribution in [3.05, 3.63) is 71.6 Å². The van der Waals surface area contributed by atoms with Crippen LogP contribution in [0.2, 0.25) is 0 Å². The number of benzene rings is 2. The minimum Gasteiger partial charge on any atom is -0.426 e. The van der Waals surface area contributed by atoms with Crippen LogP contribution in [0, 0.1) is 11.7 Å². The minimum absolute atomic E-state index is 0.237. The highest BCUT2D eigenvalue weighted by molar-refractivity contribution is 5.91. The molecule has 3 nitrogen and oxygen atoms in total. The van der Waals surface area contributed by atoms with E-state index in [2.05, 4.69) is 11.7 Å². The molecule has 3 rings (SSSR count). The Kier molecular flexibility index (Phi) is 8.10. The van der Waals surface area contributed by atoms with Crippen molar-refractivity contribution in [2.75, 3.05) is 0 Å². The van der Waals surface area contributed by atoms with Gasteiger partial charge in [0.15, 0.2) is 11.6 Å². The smallest absolute Gasteiger partial charge is 0.425 e. The van der Waals surface area contributed by atoms with Crippen molar-refractivity contribution in [1.82, 2.24) is 0 Å². The first kappa shape index (κ1) is 24.7. The highest BCUT2D eigenvalue weighted by atomic mass is 19.3. The molecule has 0 amide bonds. The van der Waals surface area contributed by atoms with Crippen LogP contribution in [0.3, 0.4) is 0 Å². The molecule has 1 fully saturated rings. The van der Waals surface area contributed by atoms with E-state index in [1.807, 2.05) is 12.1 Å². The van der Waals surface area contributed by atoms with Crippen LogP contribution in [0.1, 0.15) is 67.3 Å². The fourth-order valence-electron chi connectivity index (χ4n) is 4.18. The fourth-order valence-corrected chi connectivity index (χ4v) is 4.18. The first-order valence-electron chi connectivity index (χ1n) is 10.9. The topological polar surface area (TPSA) is 35.5 Å². The lowest BCUT2D eigenvalue weighted by Crippen LogP contribution is -2.22. The van der Waals surface area contributed by atoms with Crippen LogP contribution in [0.15, 0.2) is 54.6 Å². The zero-order chi connectivity index (χ0) is 24.0. The lowest BCUT2D eigenvalue weighted by atomic mass is 9.77. The molecule has 0 aliphatic heterocycles. The number of hydrogen-bond acceptors (Lipinski definition) is 3. The number of alkyl halides is 2. The van der Waals surface area contributed by atoms with Crippen LogP contribution in [0.4, 0.5) is 22.0 Å². The van der Waals surface area contributed by atoms with Gasteiger partial charge in [0, 0.05) is 6.07 Å². The van der Waals surface area contributed by atoms with Crippen molar-refractivity contribution >= 4 is 5.97 Å². The first-order valence-corrected chi connectivity index (χ1v) is 10.9. The van der Waals surface area contributed by atoms with Crippen LogP contribution < -0.4 is 9.47 Å². The van der Waals surface area contributed by atoms with Gasteiger partial charge in [0.25, 0.3) is 6.08 Å². The van der Waals surface area contributed by atoms with E-state index >= 15 is 0 Å². The molecule has 1 aliphatic carbocycles.